The zero-order valence-electron chi connectivity index (χ0n) is 9.75. The molecule has 84 valence electrons. The summed E-state index contributed by atoms with van der Waals surface area (Å²) in [5.74, 6) is 0. The number of rotatable bonds is 5. The summed E-state index contributed by atoms with van der Waals surface area (Å²) in [6.07, 6.45) is 2.36. The molecule has 3 nitrogen and oxygen atoms in total. The van der Waals surface area contributed by atoms with E-state index in [9.17, 15) is 0 Å². The molecule has 0 aromatic rings. The summed E-state index contributed by atoms with van der Waals surface area (Å²) in [7, 11) is 1.76. The smallest absolute Gasteiger partial charge is 0.0477 e. The van der Waals surface area contributed by atoms with Gasteiger partial charge in [-0.2, -0.15) is 0 Å². The van der Waals surface area contributed by atoms with Crippen LogP contribution in [0.1, 0.15) is 26.7 Å². The molecule has 0 amide bonds. The van der Waals surface area contributed by atoms with Crippen molar-refractivity contribution in [2.24, 2.45) is 11.1 Å². The average molecular weight is 200 g/mol. The van der Waals surface area contributed by atoms with Gasteiger partial charge in [0.2, 0.25) is 0 Å². The van der Waals surface area contributed by atoms with E-state index in [4.69, 9.17) is 10.5 Å². The van der Waals surface area contributed by atoms with Gasteiger partial charge in [0.1, 0.15) is 0 Å². The third-order valence-electron chi connectivity index (χ3n) is 3.44. The molecule has 1 aliphatic heterocycles. The van der Waals surface area contributed by atoms with E-state index in [0.29, 0.717) is 11.5 Å². The Morgan fingerprint density at radius 2 is 2.29 bits per heavy atom. The van der Waals surface area contributed by atoms with Gasteiger partial charge < -0.3 is 10.5 Å². The molecule has 0 aromatic carbocycles. The summed E-state index contributed by atoms with van der Waals surface area (Å²) in [5.41, 5.74) is 6.13. The van der Waals surface area contributed by atoms with Crippen molar-refractivity contribution in [3.8, 4) is 0 Å². The van der Waals surface area contributed by atoms with Crippen molar-refractivity contribution in [1.29, 1.82) is 0 Å². The SMILES string of the molecule is COCCC(C)N1CCC(C)(CN)C1. The lowest BCUT2D eigenvalue weighted by molar-refractivity contribution is 0.145. The van der Waals surface area contributed by atoms with Gasteiger partial charge in [-0.15, -0.1) is 0 Å². The average Bonchev–Trinajstić information content (AvgIpc) is 2.58. The summed E-state index contributed by atoms with van der Waals surface area (Å²) >= 11 is 0. The molecule has 0 aliphatic carbocycles. The van der Waals surface area contributed by atoms with Crippen LogP contribution in [0.15, 0.2) is 0 Å². The maximum absolute atomic E-state index is 5.78. The molecule has 0 bridgehead atoms. The molecular formula is C11H24N2O. The van der Waals surface area contributed by atoms with Crippen molar-refractivity contribution in [2.45, 2.75) is 32.7 Å². The van der Waals surface area contributed by atoms with Crippen LogP contribution in [0.2, 0.25) is 0 Å². The Labute approximate surface area is 87.6 Å². The largest absolute Gasteiger partial charge is 0.385 e. The van der Waals surface area contributed by atoms with E-state index < -0.39 is 0 Å². The second-order valence-corrected chi connectivity index (χ2v) is 4.87. The number of ether oxygens (including phenoxy) is 1. The topological polar surface area (TPSA) is 38.5 Å². The summed E-state index contributed by atoms with van der Waals surface area (Å²) in [6, 6.07) is 0.628. The molecule has 2 N–H and O–H groups in total. The molecular weight excluding hydrogens is 176 g/mol. The van der Waals surface area contributed by atoms with Gasteiger partial charge in [-0.3, -0.25) is 4.90 Å². The third kappa shape index (κ3) is 2.94. The Balaban J connectivity index is 2.33. The van der Waals surface area contributed by atoms with Gasteiger partial charge in [-0.05, 0) is 38.3 Å². The van der Waals surface area contributed by atoms with E-state index >= 15 is 0 Å². The van der Waals surface area contributed by atoms with Gasteiger partial charge >= 0.3 is 0 Å². The summed E-state index contributed by atoms with van der Waals surface area (Å²) in [6.45, 7) is 8.57. The van der Waals surface area contributed by atoms with Gasteiger partial charge in [0.05, 0.1) is 0 Å². The first kappa shape index (κ1) is 12.0. The lowest BCUT2D eigenvalue weighted by atomic mass is 9.90. The van der Waals surface area contributed by atoms with E-state index in [0.717, 1.165) is 26.1 Å². The van der Waals surface area contributed by atoms with Gasteiger partial charge in [0.25, 0.3) is 0 Å². The fraction of sp³-hybridized carbons (Fsp3) is 1.00. The van der Waals surface area contributed by atoms with Crippen LogP contribution >= 0.6 is 0 Å². The number of hydrogen-bond acceptors (Lipinski definition) is 3. The molecule has 1 rings (SSSR count). The number of methoxy groups -OCH3 is 1. The van der Waals surface area contributed by atoms with E-state index in [1.165, 1.54) is 13.0 Å². The first-order chi connectivity index (χ1) is 6.61. The lowest BCUT2D eigenvalue weighted by Gasteiger charge is -2.27. The summed E-state index contributed by atoms with van der Waals surface area (Å²) in [5, 5.41) is 0. The molecule has 1 saturated heterocycles. The quantitative estimate of drug-likeness (QED) is 0.722. The monoisotopic (exact) mass is 200 g/mol. The van der Waals surface area contributed by atoms with Crippen molar-refractivity contribution >= 4 is 0 Å². The number of nitrogens with two attached hydrogens (primary N) is 1. The molecule has 2 atom stereocenters. The van der Waals surface area contributed by atoms with Crippen LogP contribution in [0.5, 0.6) is 0 Å². The van der Waals surface area contributed by atoms with E-state index in [-0.39, 0.29) is 0 Å². The molecule has 1 heterocycles. The Kier molecular flexibility index (Phi) is 4.35. The lowest BCUT2D eigenvalue weighted by Crippen LogP contribution is -2.36. The number of hydrogen-bond donors (Lipinski definition) is 1. The first-order valence-corrected chi connectivity index (χ1v) is 5.54. The molecule has 0 saturated carbocycles. The Bertz CT molecular complexity index is 175. The fourth-order valence-corrected chi connectivity index (χ4v) is 2.08. The molecule has 3 heteroatoms. The highest BCUT2D eigenvalue weighted by Gasteiger charge is 2.34. The van der Waals surface area contributed by atoms with Crippen LogP contribution in [0.4, 0.5) is 0 Å². The second-order valence-electron chi connectivity index (χ2n) is 4.87. The van der Waals surface area contributed by atoms with Crippen LogP contribution in [0, 0.1) is 5.41 Å². The van der Waals surface area contributed by atoms with Crippen LogP contribution < -0.4 is 5.73 Å². The normalized spacial score (nSPS) is 30.9. The van der Waals surface area contributed by atoms with Gasteiger partial charge in [0, 0.05) is 26.3 Å². The molecule has 0 spiro atoms. The Morgan fingerprint density at radius 1 is 1.57 bits per heavy atom. The Morgan fingerprint density at radius 3 is 2.79 bits per heavy atom. The fourth-order valence-electron chi connectivity index (χ4n) is 2.08. The highest BCUT2D eigenvalue weighted by molar-refractivity contribution is 4.88. The van der Waals surface area contributed by atoms with Crippen LogP contribution in [-0.4, -0.2) is 44.3 Å². The second kappa shape index (κ2) is 5.10. The zero-order valence-corrected chi connectivity index (χ0v) is 9.75. The predicted molar refractivity (Wildman–Crippen MR) is 59.3 cm³/mol. The highest BCUT2D eigenvalue weighted by atomic mass is 16.5. The minimum Gasteiger partial charge on any atom is -0.385 e. The van der Waals surface area contributed by atoms with Crippen molar-refractivity contribution in [2.75, 3.05) is 33.4 Å². The predicted octanol–water partition coefficient (Wildman–Crippen LogP) is 1.08. The minimum atomic E-state index is 0.349. The van der Waals surface area contributed by atoms with Crippen molar-refractivity contribution in [3.63, 3.8) is 0 Å². The van der Waals surface area contributed by atoms with Crippen molar-refractivity contribution in [1.82, 2.24) is 4.90 Å². The third-order valence-corrected chi connectivity index (χ3v) is 3.44. The highest BCUT2D eigenvalue weighted by Crippen LogP contribution is 2.30. The van der Waals surface area contributed by atoms with E-state index in [1.54, 1.807) is 7.11 Å². The molecule has 1 fully saturated rings. The molecule has 1 aliphatic rings. The van der Waals surface area contributed by atoms with E-state index in [2.05, 4.69) is 18.7 Å². The van der Waals surface area contributed by atoms with Gasteiger partial charge in [-0.25, -0.2) is 0 Å². The van der Waals surface area contributed by atoms with E-state index in [1.807, 2.05) is 0 Å². The zero-order chi connectivity index (χ0) is 10.6. The maximum atomic E-state index is 5.78. The first-order valence-electron chi connectivity index (χ1n) is 5.54. The Hall–Kier alpha value is -0.120. The molecule has 2 unspecified atom stereocenters. The maximum Gasteiger partial charge on any atom is 0.0477 e. The molecule has 14 heavy (non-hydrogen) atoms. The van der Waals surface area contributed by atoms with Gasteiger partial charge in [0.15, 0.2) is 0 Å². The molecule has 0 aromatic heterocycles. The van der Waals surface area contributed by atoms with Crippen molar-refractivity contribution in [3.05, 3.63) is 0 Å². The van der Waals surface area contributed by atoms with Crippen LogP contribution in [-0.2, 0) is 4.74 Å². The number of nitrogens with zero attached hydrogens (tertiary/aromatic N) is 1. The van der Waals surface area contributed by atoms with Gasteiger partial charge in [-0.1, -0.05) is 6.92 Å². The summed E-state index contributed by atoms with van der Waals surface area (Å²) in [4.78, 5) is 2.53. The minimum absolute atomic E-state index is 0.349. The van der Waals surface area contributed by atoms with Crippen molar-refractivity contribution < 1.29 is 4.74 Å². The van der Waals surface area contributed by atoms with Crippen LogP contribution in [0.25, 0.3) is 0 Å². The summed E-state index contributed by atoms with van der Waals surface area (Å²) < 4.78 is 5.10. The molecule has 0 radical (unpaired) electrons. The van der Waals surface area contributed by atoms with Crippen LogP contribution in [0.3, 0.4) is 0 Å². The standard InChI is InChI=1S/C11H24N2O/c1-10(4-7-14-3)13-6-5-11(2,8-12)9-13/h10H,4-9,12H2,1-3H3. The number of likely N-dealkylation sites (tertiary alicyclic amines) is 1.